The molecule has 166 valence electrons. The Labute approximate surface area is 194 Å². The van der Waals surface area contributed by atoms with Gasteiger partial charge in [0.25, 0.3) is 11.8 Å². The fraction of sp³-hybridized carbons (Fsp3) is 0.217. The SMILES string of the molecule is CNc1ccccc1CCC(C=O)NC(=O)c1[nH]nc(NC(=O)c2ccccc2C)c1Br. The van der Waals surface area contributed by atoms with Crippen LogP contribution >= 0.6 is 15.9 Å². The van der Waals surface area contributed by atoms with Crippen LogP contribution in [0.5, 0.6) is 0 Å². The summed E-state index contributed by atoms with van der Waals surface area (Å²) in [7, 11) is 1.84. The lowest BCUT2D eigenvalue weighted by Crippen LogP contribution is -2.36. The summed E-state index contributed by atoms with van der Waals surface area (Å²) >= 11 is 3.31. The normalized spacial score (nSPS) is 11.5. The summed E-state index contributed by atoms with van der Waals surface area (Å²) in [5.41, 5.74) is 3.49. The number of aromatic amines is 1. The van der Waals surface area contributed by atoms with E-state index in [-0.39, 0.29) is 17.4 Å². The van der Waals surface area contributed by atoms with Crippen molar-refractivity contribution in [1.29, 1.82) is 0 Å². The third-order valence-corrected chi connectivity index (χ3v) is 5.82. The number of benzene rings is 2. The van der Waals surface area contributed by atoms with E-state index in [0.717, 1.165) is 16.8 Å². The number of rotatable bonds is 9. The van der Waals surface area contributed by atoms with Crippen LogP contribution in [0.4, 0.5) is 11.5 Å². The standard InChI is InChI=1S/C23H24BrN5O3/c1-14-7-3-5-9-17(14)22(31)27-21-19(24)20(28-29-21)23(32)26-16(13-30)12-11-15-8-4-6-10-18(15)25-2/h3-10,13,16,25H,11-12H2,1-2H3,(H,26,32)(H2,27,28,29,31). The lowest BCUT2D eigenvalue weighted by Gasteiger charge is -2.14. The number of anilines is 2. The first kappa shape index (κ1) is 23.2. The lowest BCUT2D eigenvalue weighted by atomic mass is 10.0. The van der Waals surface area contributed by atoms with Crippen molar-refractivity contribution in [3.63, 3.8) is 0 Å². The lowest BCUT2D eigenvalue weighted by molar-refractivity contribution is -0.109. The average Bonchev–Trinajstić information content (AvgIpc) is 3.16. The van der Waals surface area contributed by atoms with Crippen molar-refractivity contribution in [2.24, 2.45) is 0 Å². The number of aryl methyl sites for hydroxylation is 2. The Morgan fingerprint density at radius 3 is 2.56 bits per heavy atom. The van der Waals surface area contributed by atoms with Gasteiger partial charge in [0.15, 0.2) is 5.82 Å². The van der Waals surface area contributed by atoms with Gasteiger partial charge in [0.1, 0.15) is 12.0 Å². The van der Waals surface area contributed by atoms with E-state index in [0.29, 0.717) is 29.2 Å². The van der Waals surface area contributed by atoms with Crippen molar-refractivity contribution in [1.82, 2.24) is 15.5 Å². The molecule has 32 heavy (non-hydrogen) atoms. The second kappa shape index (κ2) is 10.7. The molecule has 0 spiro atoms. The first-order valence-electron chi connectivity index (χ1n) is 10.1. The monoisotopic (exact) mass is 497 g/mol. The Morgan fingerprint density at radius 1 is 1.12 bits per heavy atom. The Kier molecular flexibility index (Phi) is 7.77. The highest BCUT2D eigenvalue weighted by Crippen LogP contribution is 2.25. The van der Waals surface area contributed by atoms with Gasteiger partial charge >= 0.3 is 0 Å². The molecule has 0 aliphatic carbocycles. The summed E-state index contributed by atoms with van der Waals surface area (Å²) in [6.07, 6.45) is 1.77. The van der Waals surface area contributed by atoms with Crippen LogP contribution in [0.1, 0.15) is 38.4 Å². The highest BCUT2D eigenvalue weighted by atomic mass is 79.9. The number of carbonyl (C=O) groups excluding carboxylic acids is 3. The zero-order valence-electron chi connectivity index (χ0n) is 17.7. The topological polar surface area (TPSA) is 116 Å². The zero-order chi connectivity index (χ0) is 23.1. The van der Waals surface area contributed by atoms with Crippen molar-refractivity contribution in [3.8, 4) is 0 Å². The number of hydrogen-bond donors (Lipinski definition) is 4. The molecule has 3 rings (SSSR count). The molecular weight excluding hydrogens is 474 g/mol. The molecule has 1 aromatic heterocycles. The molecule has 9 heteroatoms. The molecular formula is C23H24BrN5O3. The van der Waals surface area contributed by atoms with Crippen LogP contribution in [0, 0.1) is 6.92 Å². The molecule has 0 radical (unpaired) electrons. The maximum absolute atomic E-state index is 12.7. The molecule has 0 saturated carbocycles. The van der Waals surface area contributed by atoms with Crippen molar-refractivity contribution in [2.75, 3.05) is 17.7 Å². The summed E-state index contributed by atoms with van der Waals surface area (Å²) in [5, 5.41) is 15.1. The van der Waals surface area contributed by atoms with Gasteiger partial charge in [0.05, 0.1) is 10.5 Å². The highest BCUT2D eigenvalue weighted by molar-refractivity contribution is 9.10. The fourth-order valence-electron chi connectivity index (χ4n) is 3.27. The summed E-state index contributed by atoms with van der Waals surface area (Å²) in [6, 6.07) is 14.3. The van der Waals surface area contributed by atoms with Crippen LogP contribution in [-0.4, -0.2) is 41.4 Å². The van der Waals surface area contributed by atoms with E-state index < -0.39 is 11.9 Å². The highest BCUT2D eigenvalue weighted by Gasteiger charge is 2.22. The Balaban J connectivity index is 1.64. The van der Waals surface area contributed by atoms with E-state index in [1.54, 1.807) is 12.1 Å². The van der Waals surface area contributed by atoms with Gasteiger partial charge in [-0.3, -0.25) is 14.7 Å². The molecule has 1 heterocycles. The van der Waals surface area contributed by atoms with Gasteiger partial charge in [-0.2, -0.15) is 5.10 Å². The first-order chi connectivity index (χ1) is 15.4. The number of aldehydes is 1. The molecule has 0 aliphatic rings. The molecule has 0 bridgehead atoms. The Hall–Kier alpha value is -3.46. The average molecular weight is 498 g/mol. The summed E-state index contributed by atoms with van der Waals surface area (Å²) in [5.74, 6) is -0.648. The molecule has 3 aromatic rings. The van der Waals surface area contributed by atoms with Crippen LogP contribution in [0.15, 0.2) is 53.0 Å². The maximum atomic E-state index is 12.7. The minimum Gasteiger partial charge on any atom is -0.388 e. The van der Waals surface area contributed by atoms with Crippen molar-refractivity contribution >= 4 is 45.5 Å². The largest absolute Gasteiger partial charge is 0.388 e. The molecule has 0 fully saturated rings. The second-order valence-electron chi connectivity index (χ2n) is 7.19. The molecule has 4 N–H and O–H groups in total. The minimum atomic E-state index is -0.673. The van der Waals surface area contributed by atoms with Gasteiger partial charge in [-0.25, -0.2) is 0 Å². The molecule has 0 aliphatic heterocycles. The van der Waals surface area contributed by atoms with Crippen molar-refractivity contribution in [3.05, 3.63) is 75.4 Å². The number of H-pyrrole nitrogens is 1. The summed E-state index contributed by atoms with van der Waals surface area (Å²) < 4.78 is 0.308. The quantitative estimate of drug-likeness (QED) is 0.336. The van der Waals surface area contributed by atoms with Crippen molar-refractivity contribution < 1.29 is 14.4 Å². The number of amides is 2. The molecule has 8 nitrogen and oxygen atoms in total. The van der Waals surface area contributed by atoms with Gasteiger partial charge in [0, 0.05) is 18.3 Å². The number of nitrogens with zero attached hydrogens (tertiary/aromatic N) is 1. The third-order valence-electron chi connectivity index (χ3n) is 5.05. The molecule has 1 unspecified atom stereocenters. The Morgan fingerprint density at radius 2 is 1.84 bits per heavy atom. The zero-order valence-corrected chi connectivity index (χ0v) is 19.3. The summed E-state index contributed by atoms with van der Waals surface area (Å²) in [4.78, 5) is 36.8. The number of carbonyl (C=O) groups is 3. The van der Waals surface area contributed by atoms with Crippen LogP contribution in [-0.2, 0) is 11.2 Å². The fourth-order valence-corrected chi connectivity index (χ4v) is 3.73. The van der Waals surface area contributed by atoms with E-state index in [1.807, 2.05) is 50.4 Å². The van der Waals surface area contributed by atoms with E-state index >= 15 is 0 Å². The van der Waals surface area contributed by atoms with Gasteiger partial charge in [-0.1, -0.05) is 36.4 Å². The van der Waals surface area contributed by atoms with Crippen molar-refractivity contribution in [2.45, 2.75) is 25.8 Å². The smallest absolute Gasteiger partial charge is 0.271 e. The predicted octanol–water partition coefficient (Wildman–Crippen LogP) is 3.70. The van der Waals surface area contributed by atoms with Gasteiger partial charge in [0.2, 0.25) is 0 Å². The van der Waals surface area contributed by atoms with Gasteiger partial charge < -0.3 is 20.7 Å². The molecule has 2 amide bonds. The third kappa shape index (κ3) is 5.42. The summed E-state index contributed by atoms with van der Waals surface area (Å²) in [6.45, 7) is 1.84. The number of nitrogens with one attached hydrogen (secondary N) is 4. The molecule has 2 aromatic carbocycles. The van der Waals surface area contributed by atoms with Gasteiger partial charge in [-0.15, -0.1) is 0 Å². The van der Waals surface area contributed by atoms with E-state index in [9.17, 15) is 14.4 Å². The van der Waals surface area contributed by atoms with Crippen LogP contribution in [0.25, 0.3) is 0 Å². The first-order valence-corrected chi connectivity index (χ1v) is 10.9. The van der Waals surface area contributed by atoms with Crippen LogP contribution < -0.4 is 16.0 Å². The number of halogens is 1. The van der Waals surface area contributed by atoms with Crippen LogP contribution in [0.3, 0.4) is 0 Å². The minimum absolute atomic E-state index is 0.118. The second-order valence-corrected chi connectivity index (χ2v) is 7.99. The number of aromatic nitrogens is 2. The number of hydrogen-bond acceptors (Lipinski definition) is 5. The van der Waals surface area contributed by atoms with E-state index in [4.69, 9.17) is 0 Å². The van der Waals surface area contributed by atoms with E-state index in [1.165, 1.54) is 0 Å². The van der Waals surface area contributed by atoms with E-state index in [2.05, 4.69) is 42.1 Å². The predicted molar refractivity (Wildman–Crippen MR) is 127 cm³/mol. The number of para-hydroxylation sites is 1. The Bertz CT molecular complexity index is 1130. The maximum Gasteiger partial charge on any atom is 0.271 e. The van der Waals surface area contributed by atoms with Gasteiger partial charge in [-0.05, 0) is 59.0 Å². The van der Waals surface area contributed by atoms with Crippen LogP contribution in [0.2, 0.25) is 0 Å². The molecule has 1 atom stereocenters. The molecule has 0 saturated heterocycles.